The number of ether oxygens (including phenoxy) is 2. The van der Waals surface area contributed by atoms with Crippen molar-refractivity contribution in [3.63, 3.8) is 0 Å². The SMILES string of the molecule is CC.CC(C)C(=O)N1CC2CCOC2(CO)C1.CC(C)C(=O)N1CC2COCC2(CO)C1. The molecule has 2 amide bonds. The van der Waals surface area contributed by atoms with Crippen LogP contribution in [0.2, 0.25) is 0 Å². The minimum atomic E-state index is -0.454. The van der Waals surface area contributed by atoms with E-state index >= 15 is 0 Å². The van der Waals surface area contributed by atoms with Crippen molar-refractivity contribution in [2.24, 2.45) is 29.1 Å². The summed E-state index contributed by atoms with van der Waals surface area (Å²) in [4.78, 5) is 27.4. The molecule has 4 fully saturated rings. The number of carbonyl (C=O) groups is 2. The molecule has 0 bridgehead atoms. The Morgan fingerprint density at radius 3 is 1.97 bits per heavy atom. The molecule has 186 valence electrons. The third-order valence-corrected chi connectivity index (χ3v) is 7.21. The minimum absolute atomic E-state index is 0.0273. The first-order chi connectivity index (χ1) is 15.2. The van der Waals surface area contributed by atoms with Gasteiger partial charge >= 0.3 is 0 Å². The molecule has 0 radical (unpaired) electrons. The second-order valence-corrected chi connectivity index (χ2v) is 10.0. The number of likely N-dealkylation sites (tertiary alicyclic amines) is 2. The standard InChI is InChI=1S/2C11H19NO3.C2H6/c1-8(2)10(14)12-3-9-4-15-7-11(9,5-12)6-13;1-8(2)10(14)12-5-9-3-4-15-11(9,6-12)7-13;1-2/h2*8-9,13H,3-7H2,1-2H3;1-2H3. The van der Waals surface area contributed by atoms with Crippen molar-refractivity contribution in [1.82, 2.24) is 9.80 Å². The van der Waals surface area contributed by atoms with E-state index in [4.69, 9.17) is 9.47 Å². The fourth-order valence-corrected chi connectivity index (χ4v) is 5.22. The summed E-state index contributed by atoms with van der Waals surface area (Å²) >= 11 is 0. The Labute approximate surface area is 193 Å². The maximum atomic E-state index is 11.8. The number of aliphatic hydroxyl groups is 2. The summed E-state index contributed by atoms with van der Waals surface area (Å²) in [7, 11) is 0. The summed E-state index contributed by atoms with van der Waals surface area (Å²) in [6.45, 7) is 16.5. The molecule has 4 rings (SSSR count). The van der Waals surface area contributed by atoms with Gasteiger partial charge in [-0.1, -0.05) is 41.5 Å². The smallest absolute Gasteiger partial charge is 0.225 e. The minimum Gasteiger partial charge on any atom is -0.396 e. The van der Waals surface area contributed by atoms with Crippen LogP contribution >= 0.6 is 0 Å². The number of nitrogens with zero attached hydrogens (tertiary/aromatic N) is 2. The van der Waals surface area contributed by atoms with Crippen LogP contribution in [-0.2, 0) is 19.1 Å². The number of amides is 2. The molecular weight excluding hydrogens is 412 g/mol. The first-order valence-corrected chi connectivity index (χ1v) is 12.2. The van der Waals surface area contributed by atoms with Gasteiger partial charge in [-0.3, -0.25) is 9.59 Å². The van der Waals surface area contributed by atoms with Gasteiger partial charge in [0, 0.05) is 55.3 Å². The lowest BCUT2D eigenvalue weighted by molar-refractivity contribution is -0.135. The third kappa shape index (κ3) is 5.29. The fraction of sp³-hybridized carbons (Fsp3) is 0.917. The lowest BCUT2D eigenvalue weighted by Crippen LogP contribution is -2.42. The van der Waals surface area contributed by atoms with Crippen molar-refractivity contribution in [2.75, 3.05) is 59.2 Å². The zero-order valence-corrected chi connectivity index (χ0v) is 20.8. The second-order valence-electron chi connectivity index (χ2n) is 10.0. The van der Waals surface area contributed by atoms with Crippen molar-refractivity contribution in [2.45, 2.75) is 53.6 Å². The number of carbonyl (C=O) groups excluding carboxylic acids is 2. The molecule has 0 aromatic heterocycles. The zero-order chi connectivity index (χ0) is 24.1. The average molecular weight is 457 g/mol. The Bertz CT molecular complexity index is 588. The highest BCUT2D eigenvalue weighted by Crippen LogP contribution is 2.41. The van der Waals surface area contributed by atoms with Crippen LogP contribution in [0.3, 0.4) is 0 Å². The van der Waals surface area contributed by atoms with E-state index in [2.05, 4.69) is 0 Å². The van der Waals surface area contributed by atoms with Crippen LogP contribution in [0.25, 0.3) is 0 Å². The summed E-state index contributed by atoms with van der Waals surface area (Å²) < 4.78 is 11.0. The lowest BCUT2D eigenvalue weighted by Gasteiger charge is -2.25. The Balaban J connectivity index is 0.000000211. The van der Waals surface area contributed by atoms with Crippen LogP contribution in [0.4, 0.5) is 0 Å². The molecule has 0 aromatic rings. The van der Waals surface area contributed by atoms with Crippen LogP contribution in [0.15, 0.2) is 0 Å². The van der Waals surface area contributed by atoms with Crippen molar-refractivity contribution in [1.29, 1.82) is 0 Å². The molecule has 4 heterocycles. The molecule has 4 aliphatic rings. The van der Waals surface area contributed by atoms with Gasteiger partial charge in [-0.25, -0.2) is 0 Å². The quantitative estimate of drug-likeness (QED) is 0.663. The Kier molecular flexibility index (Phi) is 9.52. The second kappa shape index (κ2) is 11.3. The molecule has 2 N–H and O–H groups in total. The third-order valence-electron chi connectivity index (χ3n) is 7.21. The summed E-state index contributed by atoms with van der Waals surface area (Å²) in [5.74, 6) is 1.08. The first kappa shape index (κ1) is 27.0. The molecule has 0 aliphatic carbocycles. The number of hydrogen-bond donors (Lipinski definition) is 2. The van der Waals surface area contributed by atoms with Crippen molar-refractivity contribution >= 4 is 11.8 Å². The summed E-state index contributed by atoms with van der Waals surface area (Å²) in [5.41, 5.74) is -0.630. The Morgan fingerprint density at radius 1 is 0.938 bits per heavy atom. The number of rotatable bonds is 4. The Hall–Kier alpha value is -1.22. The highest BCUT2D eigenvalue weighted by Gasteiger charge is 2.52. The van der Waals surface area contributed by atoms with Gasteiger partial charge in [0.1, 0.15) is 5.60 Å². The van der Waals surface area contributed by atoms with Gasteiger partial charge in [0.2, 0.25) is 11.8 Å². The molecule has 0 aromatic carbocycles. The largest absolute Gasteiger partial charge is 0.396 e. The monoisotopic (exact) mass is 456 g/mol. The van der Waals surface area contributed by atoms with E-state index in [1.807, 2.05) is 51.3 Å². The first-order valence-electron chi connectivity index (χ1n) is 12.2. The zero-order valence-electron chi connectivity index (χ0n) is 20.8. The van der Waals surface area contributed by atoms with Crippen molar-refractivity contribution in [3.05, 3.63) is 0 Å². The molecule has 4 atom stereocenters. The van der Waals surface area contributed by atoms with Gasteiger partial charge in [0.15, 0.2) is 0 Å². The van der Waals surface area contributed by atoms with Crippen molar-refractivity contribution in [3.8, 4) is 0 Å². The van der Waals surface area contributed by atoms with Gasteiger partial charge in [0.05, 0.1) is 33.0 Å². The molecule has 4 unspecified atom stereocenters. The van der Waals surface area contributed by atoms with Crippen LogP contribution in [0, 0.1) is 29.1 Å². The maximum absolute atomic E-state index is 11.8. The van der Waals surface area contributed by atoms with Crippen LogP contribution in [-0.4, -0.2) is 96.6 Å². The fourth-order valence-electron chi connectivity index (χ4n) is 5.22. The topological polar surface area (TPSA) is 99.5 Å². The van der Waals surface area contributed by atoms with E-state index in [1.54, 1.807) is 0 Å². The van der Waals surface area contributed by atoms with Gasteiger partial charge in [-0.15, -0.1) is 0 Å². The molecule has 4 saturated heterocycles. The van der Waals surface area contributed by atoms with Gasteiger partial charge in [0.25, 0.3) is 0 Å². The van der Waals surface area contributed by atoms with Gasteiger partial charge in [-0.05, 0) is 6.42 Å². The number of aliphatic hydroxyl groups excluding tert-OH is 2. The van der Waals surface area contributed by atoms with Crippen LogP contribution in [0.5, 0.6) is 0 Å². The normalized spacial score (nSPS) is 32.9. The summed E-state index contributed by atoms with van der Waals surface area (Å²) in [6.07, 6.45) is 0.961. The van der Waals surface area contributed by atoms with Crippen LogP contribution in [0.1, 0.15) is 48.0 Å². The van der Waals surface area contributed by atoms with E-state index in [-0.39, 0.29) is 42.3 Å². The van der Waals surface area contributed by atoms with Gasteiger partial charge in [-0.2, -0.15) is 0 Å². The molecule has 8 nitrogen and oxygen atoms in total. The molecule has 8 heteroatoms. The molecule has 4 aliphatic heterocycles. The van der Waals surface area contributed by atoms with E-state index in [0.29, 0.717) is 38.1 Å². The molecular formula is C24H44N2O6. The predicted octanol–water partition coefficient (Wildman–Crippen LogP) is 1.39. The van der Waals surface area contributed by atoms with Crippen molar-refractivity contribution < 1.29 is 29.3 Å². The Morgan fingerprint density at radius 2 is 1.50 bits per heavy atom. The predicted molar refractivity (Wildman–Crippen MR) is 122 cm³/mol. The molecule has 32 heavy (non-hydrogen) atoms. The van der Waals surface area contributed by atoms with E-state index < -0.39 is 5.60 Å². The lowest BCUT2D eigenvalue weighted by atomic mass is 9.82. The average Bonchev–Trinajstić information content (AvgIpc) is 3.52. The maximum Gasteiger partial charge on any atom is 0.225 e. The highest BCUT2D eigenvalue weighted by atomic mass is 16.5. The molecule has 0 spiro atoms. The number of hydrogen-bond acceptors (Lipinski definition) is 6. The van der Waals surface area contributed by atoms with E-state index in [0.717, 1.165) is 26.1 Å². The van der Waals surface area contributed by atoms with Crippen LogP contribution < -0.4 is 0 Å². The highest BCUT2D eigenvalue weighted by molar-refractivity contribution is 5.79. The van der Waals surface area contributed by atoms with E-state index in [9.17, 15) is 19.8 Å². The summed E-state index contributed by atoms with van der Waals surface area (Å²) in [5, 5.41) is 18.8. The summed E-state index contributed by atoms with van der Waals surface area (Å²) in [6, 6.07) is 0. The van der Waals surface area contributed by atoms with E-state index in [1.165, 1.54) is 0 Å². The van der Waals surface area contributed by atoms with Gasteiger partial charge < -0.3 is 29.5 Å². The molecule has 0 saturated carbocycles. The number of fused-ring (bicyclic) bond motifs is 2.